The maximum absolute atomic E-state index is 13.4. The van der Waals surface area contributed by atoms with Crippen molar-refractivity contribution in [3.63, 3.8) is 0 Å². The number of alkyl halides is 3. The van der Waals surface area contributed by atoms with Crippen LogP contribution in [0.25, 0.3) is 10.9 Å². The molecule has 1 unspecified atom stereocenters. The van der Waals surface area contributed by atoms with Crippen LogP contribution in [0.5, 0.6) is 5.75 Å². The van der Waals surface area contributed by atoms with Gasteiger partial charge in [-0.3, -0.25) is 14.6 Å². The summed E-state index contributed by atoms with van der Waals surface area (Å²) >= 11 is 0. The number of amides is 2. The molecule has 3 N–H and O–H groups in total. The number of carbonyl (C=O) groups is 2. The summed E-state index contributed by atoms with van der Waals surface area (Å²) in [5.41, 5.74) is 1.78. The maximum Gasteiger partial charge on any atom is 0.416 e. The number of nitrogens with zero attached hydrogens (tertiary/aromatic N) is 1. The van der Waals surface area contributed by atoms with E-state index in [1.165, 1.54) is 38.4 Å². The van der Waals surface area contributed by atoms with Crippen LogP contribution in [0, 0.1) is 6.92 Å². The molecule has 4 aromatic rings. The average Bonchev–Trinajstić information content (AvgIpc) is 2.92. The van der Waals surface area contributed by atoms with Crippen LogP contribution in [0.15, 0.2) is 60.8 Å². The molecule has 0 fully saturated rings. The third kappa shape index (κ3) is 6.49. The molecule has 0 aliphatic rings. The highest BCUT2D eigenvalue weighted by atomic mass is 19.4. The lowest BCUT2D eigenvalue weighted by Crippen LogP contribution is -2.18. The number of anilines is 2. The third-order valence-electron chi connectivity index (χ3n) is 6.76. The number of aliphatic hydroxyl groups is 1. The number of aromatic nitrogens is 1. The van der Waals surface area contributed by atoms with Crippen molar-refractivity contribution in [1.29, 1.82) is 0 Å². The van der Waals surface area contributed by atoms with E-state index in [-0.39, 0.29) is 16.8 Å². The van der Waals surface area contributed by atoms with E-state index in [9.17, 15) is 27.9 Å². The zero-order valence-electron chi connectivity index (χ0n) is 23.0. The molecule has 1 atom stereocenters. The van der Waals surface area contributed by atoms with Gasteiger partial charge in [0.1, 0.15) is 5.75 Å². The number of pyridine rings is 1. The third-order valence-corrected chi connectivity index (χ3v) is 6.76. The SMILES string of the molecule is CCCc1ccc(NC(=O)c2cccc(C(F)(F)F)c2C)cc1C(=O)Nc1cnc2cc(C(C)O)c(OC)cc2c1. The Morgan fingerprint density at radius 3 is 2.37 bits per heavy atom. The molecular weight excluding hydrogens is 535 g/mol. The fourth-order valence-electron chi connectivity index (χ4n) is 4.68. The molecule has 1 heterocycles. The van der Waals surface area contributed by atoms with Crippen LogP contribution in [0.1, 0.15) is 69.3 Å². The Kier molecular flexibility index (Phi) is 8.63. The highest BCUT2D eigenvalue weighted by molar-refractivity contribution is 6.09. The number of fused-ring (bicyclic) bond motifs is 1. The lowest BCUT2D eigenvalue weighted by Gasteiger charge is -2.16. The molecular formula is C31H30F3N3O4. The Bertz CT molecular complexity index is 1620. The predicted octanol–water partition coefficient (Wildman–Crippen LogP) is 7.08. The van der Waals surface area contributed by atoms with Crippen molar-refractivity contribution in [3.8, 4) is 5.75 Å². The Labute approximate surface area is 235 Å². The van der Waals surface area contributed by atoms with Gasteiger partial charge in [-0.2, -0.15) is 13.2 Å². The smallest absolute Gasteiger partial charge is 0.416 e. The van der Waals surface area contributed by atoms with E-state index in [2.05, 4.69) is 15.6 Å². The quantitative estimate of drug-likeness (QED) is 0.212. The van der Waals surface area contributed by atoms with Crippen LogP contribution in [0.4, 0.5) is 24.5 Å². The minimum Gasteiger partial charge on any atom is -0.496 e. The van der Waals surface area contributed by atoms with E-state index in [1.54, 1.807) is 37.3 Å². The van der Waals surface area contributed by atoms with Gasteiger partial charge in [-0.15, -0.1) is 0 Å². The number of methoxy groups -OCH3 is 1. The molecule has 0 bridgehead atoms. The van der Waals surface area contributed by atoms with Gasteiger partial charge < -0.3 is 20.5 Å². The number of hydrogen-bond donors (Lipinski definition) is 3. The Hall–Kier alpha value is -4.44. The van der Waals surface area contributed by atoms with Gasteiger partial charge in [-0.1, -0.05) is 25.5 Å². The molecule has 0 spiro atoms. The van der Waals surface area contributed by atoms with Crippen molar-refractivity contribution in [2.24, 2.45) is 0 Å². The van der Waals surface area contributed by atoms with Gasteiger partial charge in [-0.25, -0.2) is 0 Å². The number of rotatable bonds is 8. The second-order valence-corrected chi connectivity index (χ2v) is 9.69. The van der Waals surface area contributed by atoms with Gasteiger partial charge in [0.2, 0.25) is 0 Å². The number of ether oxygens (including phenoxy) is 1. The van der Waals surface area contributed by atoms with E-state index >= 15 is 0 Å². The van der Waals surface area contributed by atoms with E-state index in [0.717, 1.165) is 18.1 Å². The first-order valence-corrected chi connectivity index (χ1v) is 13.0. The van der Waals surface area contributed by atoms with Crippen molar-refractivity contribution in [1.82, 2.24) is 4.98 Å². The van der Waals surface area contributed by atoms with Crippen LogP contribution in [0.3, 0.4) is 0 Å². The summed E-state index contributed by atoms with van der Waals surface area (Å²) in [5.74, 6) is -0.664. The standard InChI is InChI=1S/C31H30F3N3O4/c1-5-7-19-10-11-21(36-29(39)23-8-6-9-26(17(23)2)31(32,33)34)14-25(19)30(40)37-22-12-20-13-28(41-4)24(18(3)38)15-27(20)35-16-22/h6,8-16,18,38H,5,7H2,1-4H3,(H,36,39)(H,37,40). The zero-order valence-corrected chi connectivity index (χ0v) is 23.0. The first-order chi connectivity index (χ1) is 19.4. The molecule has 0 saturated heterocycles. The molecule has 0 radical (unpaired) electrons. The summed E-state index contributed by atoms with van der Waals surface area (Å²) in [7, 11) is 1.50. The summed E-state index contributed by atoms with van der Waals surface area (Å²) in [6.07, 6.45) is -2.48. The molecule has 0 saturated carbocycles. The van der Waals surface area contributed by atoms with Crippen molar-refractivity contribution in [2.45, 2.75) is 45.9 Å². The van der Waals surface area contributed by atoms with Crippen molar-refractivity contribution in [3.05, 3.63) is 94.2 Å². The summed E-state index contributed by atoms with van der Waals surface area (Å²) < 4.78 is 45.4. The van der Waals surface area contributed by atoms with Gasteiger partial charge in [0.15, 0.2) is 0 Å². The molecule has 1 aromatic heterocycles. The number of nitrogens with one attached hydrogen (secondary N) is 2. The molecule has 214 valence electrons. The molecule has 41 heavy (non-hydrogen) atoms. The summed E-state index contributed by atoms with van der Waals surface area (Å²) in [6.45, 7) is 4.85. The van der Waals surface area contributed by atoms with Gasteiger partial charge in [-0.05, 0) is 73.9 Å². The van der Waals surface area contributed by atoms with Crippen LogP contribution in [0.2, 0.25) is 0 Å². The molecule has 4 rings (SSSR count). The molecule has 0 aliphatic carbocycles. The van der Waals surface area contributed by atoms with Crippen molar-refractivity contribution < 1.29 is 32.6 Å². The van der Waals surface area contributed by atoms with E-state index in [0.29, 0.717) is 39.9 Å². The molecule has 3 aromatic carbocycles. The Morgan fingerprint density at radius 1 is 1.00 bits per heavy atom. The minimum atomic E-state index is -4.59. The fraction of sp³-hybridized carbons (Fsp3) is 0.258. The summed E-state index contributed by atoms with van der Waals surface area (Å²) in [6, 6.07) is 13.5. The minimum absolute atomic E-state index is 0.111. The van der Waals surface area contributed by atoms with Gasteiger partial charge in [0, 0.05) is 27.8 Å². The van der Waals surface area contributed by atoms with Crippen LogP contribution >= 0.6 is 0 Å². The topological polar surface area (TPSA) is 101 Å². The fourth-order valence-corrected chi connectivity index (χ4v) is 4.68. The molecule has 7 nitrogen and oxygen atoms in total. The summed E-state index contributed by atoms with van der Waals surface area (Å²) in [4.78, 5) is 30.7. The van der Waals surface area contributed by atoms with Crippen LogP contribution < -0.4 is 15.4 Å². The zero-order chi connectivity index (χ0) is 29.9. The Morgan fingerprint density at radius 2 is 1.71 bits per heavy atom. The lowest BCUT2D eigenvalue weighted by atomic mass is 10.00. The number of halogens is 3. The Balaban J connectivity index is 1.62. The van der Waals surface area contributed by atoms with Gasteiger partial charge in [0.05, 0.1) is 36.2 Å². The van der Waals surface area contributed by atoms with E-state index in [1.807, 2.05) is 6.92 Å². The first kappa shape index (κ1) is 29.5. The van der Waals surface area contributed by atoms with Crippen LogP contribution in [-0.4, -0.2) is 29.0 Å². The predicted molar refractivity (Wildman–Crippen MR) is 151 cm³/mol. The molecule has 2 amide bonds. The van der Waals surface area contributed by atoms with E-state index < -0.39 is 29.7 Å². The van der Waals surface area contributed by atoms with Gasteiger partial charge >= 0.3 is 6.18 Å². The lowest BCUT2D eigenvalue weighted by molar-refractivity contribution is -0.138. The highest BCUT2D eigenvalue weighted by Crippen LogP contribution is 2.34. The maximum atomic E-state index is 13.4. The number of benzene rings is 3. The van der Waals surface area contributed by atoms with Crippen molar-refractivity contribution in [2.75, 3.05) is 17.7 Å². The largest absolute Gasteiger partial charge is 0.496 e. The summed E-state index contributed by atoms with van der Waals surface area (Å²) in [5, 5.41) is 16.2. The monoisotopic (exact) mass is 565 g/mol. The normalized spacial score (nSPS) is 12.2. The number of aryl methyl sites for hydroxylation is 1. The second kappa shape index (κ2) is 12.0. The van der Waals surface area contributed by atoms with Gasteiger partial charge in [0.25, 0.3) is 11.8 Å². The first-order valence-electron chi connectivity index (χ1n) is 13.0. The molecule has 0 aliphatic heterocycles. The number of carbonyl (C=O) groups excluding carboxylic acids is 2. The number of aliphatic hydroxyl groups excluding tert-OH is 1. The van der Waals surface area contributed by atoms with Crippen LogP contribution in [-0.2, 0) is 12.6 Å². The molecule has 10 heteroatoms. The van der Waals surface area contributed by atoms with Crippen molar-refractivity contribution >= 4 is 34.1 Å². The van der Waals surface area contributed by atoms with E-state index in [4.69, 9.17) is 4.74 Å². The number of hydrogen-bond acceptors (Lipinski definition) is 5. The highest BCUT2D eigenvalue weighted by Gasteiger charge is 2.33. The second-order valence-electron chi connectivity index (χ2n) is 9.69. The average molecular weight is 566 g/mol.